The highest BCUT2D eigenvalue weighted by atomic mass is 35.5. The van der Waals surface area contributed by atoms with E-state index < -0.39 is 27.4 Å². The molecule has 0 bridgehead atoms. The van der Waals surface area contributed by atoms with Crippen molar-refractivity contribution >= 4 is 28.4 Å². The molecule has 23 heavy (non-hydrogen) atoms. The zero-order valence-electron chi connectivity index (χ0n) is 12.9. The Morgan fingerprint density at radius 3 is 2.78 bits per heavy atom. The molecule has 0 spiro atoms. The Bertz CT molecular complexity index is 669. The van der Waals surface area contributed by atoms with Crippen LogP contribution >= 0.6 is 12.4 Å². The highest BCUT2D eigenvalue weighted by molar-refractivity contribution is 7.89. The van der Waals surface area contributed by atoms with Crippen LogP contribution in [-0.2, 0) is 14.8 Å². The van der Waals surface area contributed by atoms with E-state index in [2.05, 4.69) is 10.1 Å². The minimum Gasteiger partial charge on any atom is -0.465 e. The second-order valence-electron chi connectivity index (χ2n) is 5.07. The number of nitrogens with zero attached hydrogens (tertiary/aromatic N) is 1. The second-order valence-corrected chi connectivity index (χ2v) is 6.93. The average molecular weight is 367 g/mol. The maximum absolute atomic E-state index is 14.0. The quantitative estimate of drug-likeness (QED) is 0.797. The summed E-state index contributed by atoms with van der Waals surface area (Å²) in [6.07, 6.45) is 1.46. The number of methoxy groups -OCH3 is 1. The van der Waals surface area contributed by atoms with E-state index in [1.54, 1.807) is 7.05 Å². The summed E-state index contributed by atoms with van der Waals surface area (Å²) in [4.78, 5) is 11.4. The van der Waals surface area contributed by atoms with Crippen molar-refractivity contribution in [2.45, 2.75) is 23.8 Å². The van der Waals surface area contributed by atoms with Gasteiger partial charge in [-0.15, -0.1) is 12.4 Å². The third kappa shape index (κ3) is 3.82. The van der Waals surface area contributed by atoms with Crippen molar-refractivity contribution in [1.82, 2.24) is 9.62 Å². The number of carbonyl (C=O) groups excluding carboxylic acids is 1. The fraction of sp³-hybridized carbons (Fsp3) is 0.500. The molecule has 1 saturated heterocycles. The van der Waals surface area contributed by atoms with E-state index in [1.807, 2.05) is 0 Å². The number of likely N-dealkylation sites (N-methyl/N-ethyl adjacent to an activating group) is 1. The van der Waals surface area contributed by atoms with Crippen molar-refractivity contribution < 1.29 is 22.3 Å². The molecule has 130 valence electrons. The van der Waals surface area contributed by atoms with E-state index in [-0.39, 0.29) is 23.3 Å². The summed E-state index contributed by atoms with van der Waals surface area (Å²) in [6, 6.07) is 3.35. The lowest BCUT2D eigenvalue weighted by molar-refractivity contribution is 0.0590. The van der Waals surface area contributed by atoms with Crippen LogP contribution < -0.4 is 5.32 Å². The first kappa shape index (κ1) is 19.8. The Kier molecular flexibility index (Phi) is 6.94. The molecule has 9 heteroatoms. The number of benzene rings is 1. The molecule has 1 unspecified atom stereocenters. The molecule has 0 amide bonds. The van der Waals surface area contributed by atoms with Crippen molar-refractivity contribution in [1.29, 1.82) is 0 Å². The summed E-state index contributed by atoms with van der Waals surface area (Å²) < 4.78 is 45.5. The SMILES string of the molecule is CNCC1CCCN1S(=O)(=O)c1cccc(F)c1C(=O)OC.Cl. The second kappa shape index (κ2) is 8.05. The number of halogens is 2. The normalized spacial score (nSPS) is 18.5. The van der Waals surface area contributed by atoms with E-state index in [1.165, 1.54) is 16.4 Å². The van der Waals surface area contributed by atoms with Crippen molar-refractivity contribution in [2.75, 3.05) is 27.2 Å². The lowest BCUT2D eigenvalue weighted by Gasteiger charge is -2.24. The fourth-order valence-electron chi connectivity index (χ4n) is 2.71. The highest BCUT2D eigenvalue weighted by Crippen LogP contribution is 2.29. The molecule has 1 aromatic carbocycles. The zero-order valence-corrected chi connectivity index (χ0v) is 14.5. The van der Waals surface area contributed by atoms with Gasteiger partial charge in [0.05, 0.1) is 12.0 Å². The van der Waals surface area contributed by atoms with E-state index in [9.17, 15) is 17.6 Å². The first-order valence-corrected chi connectivity index (χ1v) is 8.40. The maximum atomic E-state index is 14.0. The summed E-state index contributed by atoms with van der Waals surface area (Å²) in [5.74, 6) is -1.90. The highest BCUT2D eigenvalue weighted by Gasteiger charge is 2.37. The smallest absolute Gasteiger partial charge is 0.342 e. The Morgan fingerprint density at radius 2 is 2.17 bits per heavy atom. The predicted molar refractivity (Wildman–Crippen MR) is 85.8 cm³/mol. The molecule has 1 aliphatic rings. The van der Waals surface area contributed by atoms with Crippen LogP contribution in [0.4, 0.5) is 4.39 Å². The first-order chi connectivity index (χ1) is 10.4. The van der Waals surface area contributed by atoms with E-state index in [0.717, 1.165) is 26.0 Å². The number of hydrogen-bond acceptors (Lipinski definition) is 5. The van der Waals surface area contributed by atoms with E-state index >= 15 is 0 Å². The van der Waals surface area contributed by atoms with Crippen LogP contribution in [0.15, 0.2) is 23.1 Å². The lowest BCUT2D eigenvalue weighted by atomic mass is 10.2. The molecular weight excluding hydrogens is 347 g/mol. The van der Waals surface area contributed by atoms with Gasteiger partial charge in [-0.3, -0.25) is 0 Å². The van der Waals surface area contributed by atoms with E-state index in [0.29, 0.717) is 13.1 Å². The number of sulfonamides is 1. The predicted octanol–water partition coefficient (Wildman–Crippen LogP) is 1.41. The van der Waals surface area contributed by atoms with Crippen LogP contribution in [0.25, 0.3) is 0 Å². The summed E-state index contributed by atoms with van der Waals surface area (Å²) >= 11 is 0. The molecule has 1 fully saturated rings. The molecule has 0 radical (unpaired) electrons. The van der Waals surface area contributed by atoms with Gasteiger partial charge in [0.25, 0.3) is 0 Å². The molecule has 2 rings (SSSR count). The van der Waals surface area contributed by atoms with Crippen LogP contribution in [-0.4, -0.2) is 52.0 Å². The van der Waals surface area contributed by atoms with Gasteiger partial charge >= 0.3 is 5.97 Å². The first-order valence-electron chi connectivity index (χ1n) is 6.96. The largest absolute Gasteiger partial charge is 0.465 e. The Morgan fingerprint density at radius 1 is 1.48 bits per heavy atom. The van der Waals surface area contributed by atoms with Gasteiger partial charge in [-0.05, 0) is 32.0 Å². The van der Waals surface area contributed by atoms with E-state index in [4.69, 9.17) is 0 Å². The molecular formula is C14H20ClFN2O4S. The molecule has 1 aromatic rings. The number of nitrogens with one attached hydrogen (secondary N) is 1. The van der Waals surface area contributed by atoms with Gasteiger partial charge in [-0.25, -0.2) is 17.6 Å². The number of esters is 1. The van der Waals surface area contributed by atoms with Crippen LogP contribution in [0, 0.1) is 5.82 Å². The van der Waals surface area contributed by atoms with Gasteiger partial charge in [0, 0.05) is 19.1 Å². The zero-order chi connectivity index (χ0) is 16.3. The number of ether oxygens (including phenoxy) is 1. The Balaban J connectivity index is 0.00000264. The minimum atomic E-state index is -3.97. The average Bonchev–Trinajstić information content (AvgIpc) is 2.95. The molecule has 1 aliphatic heterocycles. The minimum absolute atomic E-state index is 0. The third-order valence-corrected chi connectivity index (χ3v) is 5.71. The van der Waals surface area contributed by atoms with Crippen LogP contribution in [0.1, 0.15) is 23.2 Å². The van der Waals surface area contributed by atoms with Gasteiger partial charge in [0.2, 0.25) is 10.0 Å². The third-order valence-electron chi connectivity index (χ3n) is 3.71. The van der Waals surface area contributed by atoms with Gasteiger partial charge in [-0.2, -0.15) is 4.31 Å². The van der Waals surface area contributed by atoms with Crippen LogP contribution in [0.5, 0.6) is 0 Å². The van der Waals surface area contributed by atoms with Gasteiger partial charge in [-0.1, -0.05) is 6.07 Å². The number of hydrogen-bond donors (Lipinski definition) is 1. The van der Waals surface area contributed by atoms with Crippen molar-refractivity contribution in [3.63, 3.8) is 0 Å². The summed E-state index contributed by atoms with van der Waals surface area (Å²) in [7, 11) is -1.14. The van der Waals surface area contributed by atoms with Crippen LogP contribution in [0.3, 0.4) is 0 Å². The summed E-state index contributed by atoms with van der Waals surface area (Å²) in [5.41, 5.74) is -0.542. The topological polar surface area (TPSA) is 75.7 Å². The van der Waals surface area contributed by atoms with Gasteiger partial charge in [0.1, 0.15) is 11.4 Å². The summed E-state index contributed by atoms with van der Waals surface area (Å²) in [6.45, 7) is 0.855. The lowest BCUT2D eigenvalue weighted by Crippen LogP contribution is -2.41. The van der Waals surface area contributed by atoms with Crippen molar-refractivity contribution in [2.24, 2.45) is 0 Å². The number of rotatable bonds is 5. The van der Waals surface area contributed by atoms with Crippen molar-refractivity contribution in [3.05, 3.63) is 29.6 Å². The Hall–Kier alpha value is -1.22. The maximum Gasteiger partial charge on any atom is 0.342 e. The summed E-state index contributed by atoms with van der Waals surface area (Å²) in [5, 5.41) is 2.95. The molecule has 0 saturated carbocycles. The van der Waals surface area contributed by atoms with Crippen LogP contribution in [0.2, 0.25) is 0 Å². The van der Waals surface area contributed by atoms with Gasteiger partial charge < -0.3 is 10.1 Å². The monoisotopic (exact) mass is 366 g/mol. The molecule has 1 heterocycles. The molecule has 1 atom stereocenters. The molecule has 0 aliphatic carbocycles. The number of carbonyl (C=O) groups is 1. The molecule has 1 N–H and O–H groups in total. The van der Waals surface area contributed by atoms with Gasteiger partial charge in [0.15, 0.2) is 0 Å². The van der Waals surface area contributed by atoms with Crippen molar-refractivity contribution in [3.8, 4) is 0 Å². The standard InChI is InChI=1S/C14H19FN2O4S.ClH/c1-16-9-10-5-4-8-17(10)22(19,20)12-7-3-6-11(15)13(12)14(18)21-2;/h3,6-7,10,16H,4-5,8-9H2,1-2H3;1H. The Labute approximate surface area is 141 Å². The fourth-order valence-corrected chi connectivity index (χ4v) is 4.59. The molecule has 0 aromatic heterocycles. The molecule has 6 nitrogen and oxygen atoms in total.